The van der Waals surface area contributed by atoms with Gasteiger partial charge in [0.05, 0.1) is 0 Å². The van der Waals surface area contributed by atoms with Gasteiger partial charge in [0.15, 0.2) is 0 Å². The minimum absolute atomic E-state index is 0.842. The number of hydrogen-bond acceptors (Lipinski definition) is 1. The van der Waals surface area contributed by atoms with Gasteiger partial charge in [-0.25, -0.2) is 0 Å². The predicted molar refractivity (Wildman–Crippen MR) is 89.1 cm³/mol. The van der Waals surface area contributed by atoms with Crippen LogP contribution in [0.2, 0.25) is 0 Å². The van der Waals surface area contributed by atoms with Gasteiger partial charge in [0, 0.05) is 4.47 Å². The first-order valence-electron chi connectivity index (χ1n) is 6.81. The SMILES string of the molecule is OC(c1ccccc1)(c1ccccc1)c1cccc(Br)c1. The highest BCUT2D eigenvalue weighted by Gasteiger charge is 2.33. The lowest BCUT2D eigenvalue weighted by Gasteiger charge is -2.30. The molecule has 0 radical (unpaired) electrons. The van der Waals surface area contributed by atoms with Crippen molar-refractivity contribution >= 4 is 15.9 Å². The summed E-state index contributed by atoms with van der Waals surface area (Å²) < 4.78 is 0.949. The number of benzene rings is 3. The molecule has 0 amide bonds. The van der Waals surface area contributed by atoms with Gasteiger partial charge >= 0.3 is 0 Å². The zero-order valence-corrected chi connectivity index (χ0v) is 13.0. The van der Waals surface area contributed by atoms with E-state index in [0.717, 1.165) is 21.2 Å². The lowest BCUT2D eigenvalue weighted by atomic mass is 9.80. The summed E-state index contributed by atoms with van der Waals surface area (Å²) in [4.78, 5) is 0. The molecule has 104 valence electrons. The van der Waals surface area contributed by atoms with Gasteiger partial charge in [-0.2, -0.15) is 0 Å². The second-order valence-electron chi connectivity index (χ2n) is 4.95. The standard InChI is InChI=1S/C19H15BrO/c20-18-13-7-12-17(14-18)19(21,15-8-3-1-4-9-15)16-10-5-2-6-11-16/h1-14,21H. The molecule has 21 heavy (non-hydrogen) atoms. The molecule has 0 saturated carbocycles. The Hall–Kier alpha value is -1.90. The summed E-state index contributed by atoms with van der Waals surface area (Å²) in [7, 11) is 0. The average molecular weight is 339 g/mol. The van der Waals surface area contributed by atoms with Gasteiger partial charge in [0.1, 0.15) is 5.60 Å². The molecule has 0 aliphatic heterocycles. The minimum atomic E-state index is -1.16. The van der Waals surface area contributed by atoms with Gasteiger partial charge in [-0.1, -0.05) is 88.7 Å². The van der Waals surface area contributed by atoms with Crippen molar-refractivity contribution in [2.75, 3.05) is 0 Å². The van der Waals surface area contributed by atoms with Crippen LogP contribution in [-0.4, -0.2) is 5.11 Å². The third-order valence-corrected chi connectivity index (χ3v) is 4.12. The smallest absolute Gasteiger partial charge is 0.140 e. The van der Waals surface area contributed by atoms with Crippen molar-refractivity contribution in [3.05, 3.63) is 106 Å². The number of aliphatic hydroxyl groups is 1. The van der Waals surface area contributed by atoms with E-state index in [2.05, 4.69) is 15.9 Å². The van der Waals surface area contributed by atoms with E-state index < -0.39 is 5.60 Å². The molecule has 0 saturated heterocycles. The van der Waals surface area contributed by atoms with Gasteiger partial charge < -0.3 is 5.11 Å². The van der Waals surface area contributed by atoms with Crippen molar-refractivity contribution in [3.63, 3.8) is 0 Å². The number of rotatable bonds is 3. The fraction of sp³-hybridized carbons (Fsp3) is 0.0526. The Morgan fingerprint density at radius 3 is 1.57 bits per heavy atom. The van der Waals surface area contributed by atoms with E-state index in [1.807, 2.05) is 84.9 Å². The molecule has 3 aromatic carbocycles. The molecule has 1 nitrogen and oxygen atoms in total. The average Bonchev–Trinajstić information content (AvgIpc) is 2.56. The fourth-order valence-corrected chi connectivity index (χ4v) is 2.97. The first kappa shape index (κ1) is 14.1. The lowest BCUT2D eigenvalue weighted by molar-refractivity contribution is 0.125. The minimum Gasteiger partial charge on any atom is -0.376 e. The summed E-state index contributed by atoms with van der Waals surface area (Å²) in [5.41, 5.74) is 1.39. The second-order valence-corrected chi connectivity index (χ2v) is 5.87. The highest BCUT2D eigenvalue weighted by atomic mass is 79.9. The highest BCUT2D eigenvalue weighted by Crippen LogP contribution is 2.37. The molecule has 3 rings (SSSR count). The molecule has 0 fully saturated rings. The Bertz CT molecular complexity index is 683. The Morgan fingerprint density at radius 2 is 1.10 bits per heavy atom. The molecule has 0 unspecified atom stereocenters. The molecule has 0 bridgehead atoms. The van der Waals surface area contributed by atoms with E-state index >= 15 is 0 Å². The summed E-state index contributed by atoms with van der Waals surface area (Å²) in [6.07, 6.45) is 0. The van der Waals surface area contributed by atoms with E-state index in [-0.39, 0.29) is 0 Å². The first-order chi connectivity index (χ1) is 10.2. The third kappa shape index (κ3) is 2.65. The molecular formula is C19H15BrO. The molecular weight excluding hydrogens is 324 g/mol. The summed E-state index contributed by atoms with van der Waals surface area (Å²) in [6, 6.07) is 27.3. The summed E-state index contributed by atoms with van der Waals surface area (Å²) in [5.74, 6) is 0. The molecule has 2 heteroatoms. The molecule has 0 aliphatic rings. The van der Waals surface area contributed by atoms with E-state index in [1.54, 1.807) is 0 Å². The van der Waals surface area contributed by atoms with Gasteiger partial charge in [0.25, 0.3) is 0 Å². The molecule has 0 atom stereocenters. The van der Waals surface area contributed by atoms with Crippen LogP contribution < -0.4 is 0 Å². The van der Waals surface area contributed by atoms with Crippen molar-refractivity contribution < 1.29 is 5.11 Å². The third-order valence-electron chi connectivity index (χ3n) is 3.63. The summed E-state index contributed by atoms with van der Waals surface area (Å²) >= 11 is 3.49. The van der Waals surface area contributed by atoms with Crippen LogP contribution in [0.3, 0.4) is 0 Å². The summed E-state index contributed by atoms with van der Waals surface area (Å²) in [5, 5.41) is 11.5. The lowest BCUT2D eigenvalue weighted by Crippen LogP contribution is -2.28. The maximum atomic E-state index is 11.5. The van der Waals surface area contributed by atoms with Gasteiger partial charge in [0.2, 0.25) is 0 Å². The van der Waals surface area contributed by atoms with Crippen LogP contribution in [0, 0.1) is 0 Å². The topological polar surface area (TPSA) is 20.2 Å². The molecule has 3 aromatic rings. The van der Waals surface area contributed by atoms with Crippen molar-refractivity contribution in [2.24, 2.45) is 0 Å². The van der Waals surface area contributed by atoms with Crippen LogP contribution in [0.4, 0.5) is 0 Å². The monoisotopic (exact) mass is 338 g/mol. The molecule has 0 spiro atoms. The van der Waals surface area contributed by atoms with Gasteiger partial charge in [-0.05, 0) is 28.8 Å². The first-order valence-corrected chi connectivity index (χ1v) is 7.60. The van der Waals surface area contributed by atoms with Crippen LogP contribution in [0.25, 0.3) is 0 Å². The quantitative estimate of drug-likeness (QED) is 0.684. The Labute approximate surface area is 133 Å². The van der Waals surface area contributed by atoms with Gasteiger partial charge in [-0.15, -0.1) is 0 Å². The van der Waals surface area contributed by atoms with Crippen molar-refractivity contribution in [2.45, 2.75) is 5.60 Å². The van der Waals surface area contributed by atoms with Crippen LogP contribution >= 0.6 is 15.9 Å². The maximum Gasteiger partial charge on any atom is 0.140 e. The number of halogens is 1. The van der Waals surface area contributed by atoms with Crippen molar-refractivity contribution in [1.82, 2.24) is 0 Å². The molecule has 1 N–H and O–H groups in total. The fourth-order valence-electron chi connectivity index (χ4n) is 2.57. The zero-order chi connectivity index (χ0) is 14.7. The van der Waals surface area contributed by atoms with Crippen LogP contribution in [-0.2, 0) is 5.60 Å². The highest BCUT2D eigenvalue weighted by molar-refractivity contribution is 9.10. The molecule has 0 aliphatic carbocycles. The van der Waals surface area contributed by atoms with E-state index in [4.69, 9.17) is 0 Å². The normalized spacial score (nSPS) is 11.3. The van der Waals surface area contributed by atoms with E-state index in [0.29, 0.717) is 0 Å². The van der Waals surface area contributed by atoms with Gasteiger partial charge in [-0.3, -0.25) is 0 Å². The zero-order valence-electron chi connectivity index (χ0n) is 11.4. The molecule has 0 heterocycles. The Kier molecular flexibility index (Phi) is 3.91. The van der Waals surface area contributed by atoms with Crippen LogP contribution in [0.1, 0.15) is 16.7 Å². The maximum absolute atomic E-state index is 11.5. The van der Waals surface area contributed by atoms with Crippen molar-refractivity contribution in [1.29, 1.82) is 0 Å². The van der Waals surface area contributed by atoms with E-state index in [1.165, 1.54) is 0 Å². The van der Waals surface area contributed by atoms with Crippen molar-refractivity contribution in [3.8, 4) is 0 Å². The largest absolute Gasteiger partial charge is 0.376 e. The Balaban J connectivity index is 2.25. The Morgan fingerprint density at radius 1 is 0.619 bits per heavy atom. The van der Waals surface area contributed by atoms with Crippen LogP contribution in [0.15, 0.2) is 89.4 Å². The molecule has 0 aromatic heterocycles. The second kappa shape index (κ2) is 5.84. The summed E-state index contributed by atoms with van der Waals surface area (Å²) in [6.45, 7) is 0. The van der Waals surface area contributed by atoms with Crippen LogP contribution in [0.5, 0.6) is 0 Å². The number of hydrogen-bond donors (Lipinski definition) is 1. The predicted octanol–water partition coefficient (Wildman–Crippen LogP) is 4.73. The van der Waals surface area contributed by atoms with E-state index in [9.17, 15) is 5.11 Å².